The maximum absolute atomic E-state index is 12.5. The Bertz CT molecular complexity index is 1100. The monoisotopic (exact) mass is 377 g/mol. The van der Waals surface area contributed by atoms with Gasteiger partial charge >= 0.3 is 0 Å². The zero-order valence-corrected chi connectivity index (χ0v) is 15.9. The van der Waals surface area contributed by atoms with Crippen LogP contribution in [0.15, 0.2) is 60.1 Å². The van der Waals surface area contributed by atoms with Gasteiger partial charge in [0.2, 0.25) is 5.91 Å². The van der Waals surface area contributed by atoms with Crippen molar-refractivity contribution in [3.05, 3.63) is 65.8 Å². The molecule has 0 radical (unpaired) electrons. The van der Waals surface area contributed by atoms with Crippen molar-refractivity contribution in [2.45, 2.75) is 6.42 Å². The fraction of sp³-hybridized carbons (Fsp3) is 0.143. The second-order valence-corrected chi connectivity index (χ2v) is 7.12. The Morgan fingerprint density at radius 3 is 2.78 bits per heavy atom. The van der Waals surface area contributed by atoms with Gasteiger partial charge in [0.1, 0.15) is 10.8 Å². The predicted octanol–water partition coefficient (Wildman–Crippen LogP) is 4.49. The molecule has 0 saturated carbocycles. The molecule has 0 saturated heterocycles. The summed E-state index contributed by atoms with van der Waals surface area (Å²) in [4.78, 5) is 17.1. The van der Waals surface area contributed by atoms with Gasteiger partial charge in [0.25, 0.3) is 0 Å². The predicted molar refractivity (Wildman–Crippen MR) is 109 cm³/mol. The number of aryl methyl sites for hydroxylation is 1. The summed E-state index contributed by atoms with van der Waals surface area (Å²) in [6.07, 6.45) is 2.23. The molecule has 136 valence electrons. The number of ether oxygens (including phenoxy) is 1. The summed E-state index contributed by atoms with van der Waals surface area (Å²) in [7, 11) is 3.63. The Labute approximate surface area is 161 Å². The summed E-state index contributed by atoms with van der Waals surface area (Å²) < 4.78 is 7.21. The van der Waals surface area contributed by atoms with Gasteiger partial charge in [0, 0.05) is 35.1 Å². The van der Waals surface area contributed by atoms with Gasteiger partial charge < -0.3 is 14.6 Å². The van der Waals surface area contributed by atoms with Crippen molar-refractivity contribution in [1.29, 1.82) is 0 Å². The van der Waals surface area contributed by atoms with Gasteiger partial charge in [-0.1, -0.05) is 6.07 Å². The SMILES string of the molecule is COc1ccc(-c2nc(CC(=O)Nc3cccc4c3ccn4C)cs2)cc1. The van der Waals surface area contributed by atoms with Crippen LogP contribution in [0.4, 0.5) is 5.69 Å². The van der Waals surface area contributed by atoms with Crippen molar-refractivity contribution >= 4 is 33.8 Å². The summed E-state index contributed by atoms with van der Waals surface area (Å²) in [6, 6.07) is 15.7. The highest BCUT2D eigenvalue weighted by Gasteiger charge is 2.11. The Hall–Kier alpha value is -3.12. The first-order valence-electron chi connectivity index (χ1n) is 8.57. The normalized spacial score (nSPS) is 10.9. The molecule has 1 amide bonds. The quantitative estimate of drug-likeness (QED) is 0.557. The average molecular weight is 377 g/mol. The van der Waals surface area contributed by atoms with E-state index in [4.69, 9.17) is 4.74 Å². The van der Waals surface area contributed by atoms with Crippen molar-refractivity contribution < 1.29 is 9.53 Å². The standard InChI is InChI=1S/C21H19N3O2S/c1-24-11-10-17-18(4-3-5-19(17)24)23-20(25)12-15-13-27-21(22-15)14-6-8-16(26-2)9-7-14/h3-11,13H,12H2,1-2H3,(H,23,25). The number of fused-ring (bicyclic) bond motifs is 1. The van der Waals surface area contributed by atoms with Gasteiger partial charge in [-0.25, -0.2) is 4.98 Å². The minimum atomic E-state index is -0.0714. The van der Waals surface area contributed by atoms with Gasteiger partial charge in [0.05, 0.1) is 24.9 Å². The number of methoxy groups -OCH3 is 1. The fourth-order valence-corrected chi connectivity index (χ4v) is 3.85. The van der Waals surface area contributed by atoms with E-state index >= 15 is 0 Å². The van der Waals surface area contributed by atoms with Crippen LogP contribution >= 0.6 is 11.3 Å². The largest absolute Gasteiger partial charge is 0.497 e. The molecule has 0 aliphatic carbocycles. The van der Waals surface area contributed by atoms with E-state index in [-0.39, 0.29) is 12.3 Å². The Kier molecular flexibility index (Phi) is 4.64. The van der Waals surface area contributed by atoms with Crippen LogP contribution in [0.25, 0.3) is 21.5 Å². The first-order chi connectivity index (χ1) is 13.1. The molecule has 0 aliphatic heterocycles. The van der Waals surface area contributed by atoms with Gasteiger partial charge in [-0.3, -0.25) is 4.79 Å². The number of rotatable bonds is 5. The van der Waals surface area contributed by atoms with Crippen LogP contribution in [0.1, 0.15) is 5.69 Å². The zero-order chi connectivity index (χ0) is 18.8. The van der Waals surface area contributed by atoms with Crippen LogP contribution in [0.3, 0.4) is 0 Å². The molecule has 4 aromatic rings. The van der Waals surface area contributed by atoms with Crippen molar-refractivity contribution in [3.8, 4) is 16.3 Å². The minimum absolute atomic E-state index is 0.0714. The van der Waals surface area contributed by atoms with Crippen LogP contribution in [0, 0.1) is 0 Å². The van der Waals surface area contributed by atoms with Crippen molar-refractivity contribution in [2.75, 3.05) is 12.4 Å². The second kappa shape index (κ2) is 7.25. The smallest absolute Gasteiger partial charge is 0.230 e. The fourth-order valence-electron chi connectivity index (χ4n) is 3.02. The third-order valence-corrected chi connectivity index (χ3v) is 5.37. The van der Waals surface area contributed by atoms with Crippen LogP contribution < -0.4 is 10.1 Å². The van der Waals surface area contributed by atoms with E-state index in [9.17, 15) is 4.79 Å². The molecule has 0 aliphatic rings. The lowest BCUT2D eigenvalue weighted by Crippen LogP contribution is -2.14. The molecule has 1 N–H and O–H groups in total. The van der Waals surface area contributed by atoms with Crippen LogP contribution in [0.5, 0.6) is 5.75 Å². The molecule has 2 aromatic heterocycles. The third-order valence-electron chi connectivity index (χ3n) is 4.43. The molecule has 2 aromatic carbocycles. The highest BCUT2D eigenvalue weighted by molar-refractivity contribution is 7.13. The maximum Gasteiger partial charge on any atom is 0.230 e. The molecule has 2 heterocycles. The summed E-state index contributed by atoms with van der Waals surface area (Å²) in [5.74, 6) is 0.739. The zero-order valence-electron chi connectivity index (χ0n) is 15.1. The number of carbonyl (C=O) groups is 1. The molecule has 0 atom stereocenters. The number of nitrogens with one attached hydrogen (secondary N) is 1. The Morgan fingerprint density at radius 1 is 1.19 bits per heavy atom. The van der Waals surface area contributed by atoms with E-state index < -0.39 is 0 Å². The van der Waals surface area contributed by atoms with Crippen LogP contribution in [-0.2, 0) is 18.3 Å². The molecule has 0 spiro atoms. The molecule has 27 heavy (non-hydrogen) atoms. The summed E-state index contributed by atoms with van der Waals surface area (Å²) >= 11 is 1.54. The highest BCUT2D eigenvalue weighted by Crippen LogP contribution is 2.27. The maximum atomic E-state index is 12.5. The number of anilines is 1. The third kappa shape index (κ3) is 3.57. The summed E-state index contributed by atoms with van der Waals surface area (Å²) in [6.45, 7) is 0. The summed E-state index contributed by atoms with van der Waals surface area (Å²) in [5, 5.41) is 6.87. The minimum Gasteiger partial charge on any atom is -0.497 e. The lowest BCUT2D eigenvalue weighted by Gasteiger charge is -2.06. The summed E-state index contributed by atoms with van der Waals surface area (Å²) in [5.41, 5.74) is 3.69. The van der Waals surface area contributed by atoms with Gasteiger partial charge in [0.15, 0.2) is 0 Å². The van der Waals surface area contributed by atoms with Crippen LogP contribution in [-0.4, -0.2) is 22.6 Å². The number of thiazole rings is 1. The molecule has 0 fully saturated rings. The second-order valence-electron chi connectivity index (χ2n) is 6.26. The van der Waals surface area contributed by atoms with E-state index in [2.05, 4.69) is 10.3 Å². The number of aromatic nitrogens is 2. The van der Waals surface area contributed by atoms with E-state index in [1.807, 2.05) is 71.7 Å². The number of benzene rings is 2. The van der Waals surface area contributed by atoms with E-state index in [0.717, 1.165) is 38.6 Å². The topological polar surface area (TPSA) is 56.1 Å². The van der Waals surface area contributed by atoms with Gasteiger partial charge in [-0.05, 0) is 42.5 Å². The molecule has 0 bridgehead atoms. The highest BCUT2D eigenvalue weighted by atomic mass is 32.1. The van der Waals surface area contributed by atoms with Crippen LogP contribution in [0.2, 0.25) is 0 Å². The van der Waals surface area contributed by atoms with Gasteiger partial charge in [-0.15, -0.1) is 11.3 Å². The molecule has 4 rings (SSSR count). The molecule has 0 unspecified atom stereocenters. The molecule has 5 nitrogen and oxygen atoms in total. The number of nitrogens with zero attached hydrogens (tertiary/aromatic N) is 2. The van der Waals surface area contributed by atoms with Crippen molar-refractivity contribution in [2.24, 2.45) is 7.05 Å². The Balaban J connectivity index is 1.47. The number of hydrogen-bond donors (Lipinski definition) is 1. The van der Waals surface area contributed by atoms with Crippen molar-refractivity contribution in [3.63, 3.8) is 0 Å². The van der Waals surface area contributed by atoms with E-state index in [1.165, 1.54) is 11.3 Å². The van der Waals surface area contributed by atoms with E-state index in [1.54, 1.807) is 7.11 Å². The van der Waals surface area contributed by atoms with Gasteiger partial charge in [-0.2, -0.15) is 0 Å². The average Bonchev–Trinajstić information content (AvgIpc) is 3.30. The molecular weight excluding hydrogens is 358 g/mol. The lowest BCUT2D eigenvalue weighted by atomic mass is 10.2. The lowest BCUT2D eigenvalue weighted by molar-refractivity contribution is -0.115. The Morgan fingerprint density at radius 2 is 2.00 bits per heavy atom. The molecular formula is C21H19N3O2S. The number of carbonyl (C=O) groups excluding carboxylic acids is 1. The van der Waals surface area contributed by atoms with Crippen molar-refractivity contribution in [1.82, 2.24) is 9.55 Å². The first kappa shape index (κ1) is 17.3. The number of amides is 1. The number of hydrogen-bond acceptors (Lipinski definition) is 4. The van der Waals surface area contributed by atoms with E-state index in [0.29, 0.717) is 0 Å². The first-order valence-corrected chi connectivity index (χ1v) is 9.45. The molecule has 6 heteroatoms.